The molecule has 0 amide bonds. The van der Waals surface area contributed by atoms with Crippen molar-refractivity contribution < 1.29 is 14.6 Å². The second-order valence-electron chi connectivity index (χ2n) is 3.39. The normalized spacial score (nSPS) is 19.2. The molecule has 0 aromatic heterocycles. The molecule has 12 heavy (non-hydrogen) atoms. The predicted octanol–water partition coefficient (Wildman–Crippen LogP) is 0.753. The zero-order valence-corrected chi connectivity index (χ0v) is 7.45. The van der Waals surface area contributed by atoms with E-state index in [1.54, 1.807) is 7.11 Å². The zero-order valence-electron chi connectivity index (χ0n) is 7.45. The summed E-state index contributed by atoms with van der Waals surface area (Å²) < 4.78 is 4.75. The predicted molar refractivity (Wildman–Crippen MR) is 44.8 cm³/mol. The van der Waals surface area contributed by atoms with Gasteiger partial charge in [-0.2, -0.15) is 0 Å². The minimum absolute atomic E-state index is 0.310. The van der Waals surface area contributed by atoms with Crippen LogP contribution in [-0.4, -0.2) is 30.7 Å². The van der Waals surface area contributed by atoms with E-state index >= 15 is 0 Å². The number of aliphatic hydroxyl groups is 1. The van der Waals surface area contributed by atoms with Gasteiger partial charge in [-0.15, -0.1) is 0 Å². The fourth-order valence-corrected chi connectivity index (χ4v) is 1.19. The van der Waals surface area contributed by atoms with Gasteiger partial charge in [0.15, 0.2) is 0 Å². The second-order valence-corrected chi connectivity index (χ2v) is 3.39. The Kier molecular flexibility index (Phi) is 3.69. The summed E-state index contributed by atoms with van der Waals surface area (Å²) in [6.07, 6.45) is 2.69. The van der Waals surface area contributed by atoms with Crippen molar-refractivity contribution in [3.63, 3.8) is 0 Å². The van der Waals surface area contributed by atoms with Gasteiger partial charge >= 0.3 is 0 Å². The fourth-order valence-electron chi connectivity index (χ4n) is 1.19. The molecular formula is C9H16O3. The molecule has 1 rings (SSSR count). The Labute approximate surface area is 72.7 Å². The third-order valence-corrected chi connectivity index (χ3v) is 2.12. The third-order valence-electron chi connectivity index (χ3n) is 2.12. The van der Waals surface area contributed by atoms with E-state index < -0.39 is 6.10 Å². The lowest BCUT2D eigenvalue weighted by Crippen LogP contribution is -2.16. The molecule has 0 saturated heterocycles. The average Bonchev–Trinajstić information content (AvgIpc) is 2.83. The lowest BCUT2D eigenvalue weighted by Gasteiger charge is -2.07. The van der Waals surface area contributed by atoms with Crippen LogP contribution in [0.3, 0.4) is 0 Å². The molecule has 70 valence electrons. The standard InChI is InChI=1S/C9H16O3/c1-12-6-8(10)4-5-9(11)7-2-3-7/h7-8,10H,2-6H2,1H3. The smallest absolute Gasteiger partial charge is 0.136 e. The van der Waals surface area contributed by atoms with Gasteiger partial charge in [-0.1, -0.05) is 0 Å². The average molecular weight is 172 g/mol. The Morgan fingerprint density at radius 3 is 2.83 bits per heavy atom. The number of methoxy groups -OCH3 is 1. The maximum Gasteiger partial charge on any atom is 0.136 e. The van der Waals surface area contributed by atoms with Crippen LogP contribution >= 0.6 is 0 Å². The van der Waals surface area contributed by atoms with Crippen LogP contribution in [0, 0.1) is 5.92 Å². The van der Waals surface area contributed by atoms with Crippen molar-refractivity contribution >= 4 is 5.78 Å². The molecule has 0 heterocycles. The molecule has 0 bridgehead atoms. The van der Waals surface area contributed by atoms with Gasteiger partial charge in [-0.25, -0.2) is 0 Å². The lowest BCUT2D eigenvalue weighted by atomic mass is 10.1. The van der Waals surface area contributed by atoms with Gasteiger partial charge in [0, 0.05) is 19.4 Å². The molecule has 1 fully saturated rings. The summed E-state index contributed by atoms with van der Waals surface area (Å²) in [7, 11) is 1.55. The van der Waals surface area contributed by atoms with Crippen molar-refractivity contribution in [1.82, 2.24) is 0 Å². The summed E-state index contributed by atoms with van der Waals surface area (Å²) in [6.45, 7) is 0.331. The molecular weight excluding hydrogens is 156 g/mol. The van der Waals surface area contributed by atoms with E-state index in [0.29, 0.717) is 31.1 Å². The van der Waals surface area contributed by atoms with E-state index in [1.807, 2.05) is 0 Å². The summed E-state index contributed by atoms with van der Waals surface area (Å²) in [5.41, 5.74) is 0. The van der Waals surface area contributed by atoms with Crippen LogP contribution < -0.4 is 0 Å². The van der Waals surface area contributed by atoms with Crippen molar-refractivity contribution in [2.75, 3.05) is 13.7 Å². The summed E-state index contributed by atoms with van der Waals surface area (Å²) in [4.78, 5) is 11.2. The minimum atomic E-state index is -0.474. The van der Waals surface area contributed by atoms with Crippen LogP contribution in [0.4, 0.5) is 0 Å². The van der Waals surface area contributed by atoms with Gasteiger partial charge in [0.1, 0.15) is 5.78 Å². The lowest BCUT2D eigenvalue weighted by molar-refractivity contribution is -0.120. The SMILES string of the molecule is COCC(O)CCC(=O)C1CC1. The van der Waals surface area contributed by atoms with Gasteiger partial charge in [0.25, 0.3) is 0 Å². The Hall–Kier alpha value is -0.410. The van der Waals surface area contributed by atoms with Crippen LogP contribution in [0.5, 0.6) is 0 Å². The van der Waals surface area contributed by atoms with Crippen LogP contribution in [-0.2, 0) is 9.53 Å². The summed E-state index contributed by atoms with van der Waals surface area (Å²) in [6, 6.07) is 0. The Morgan fingerprint density at radius 2 is 2.33 bits per heavy atom. The van der Waals surface area contributed by atoms with E-state index in [0.717, 1.165) is 12.8 Å². The number of hydrogen-bond donors (Lipinski definition) is 1. The highest BCUT2D eigenvalue weighted by Gasteiger charge is 2.28. The summed E-state index contributed by atoms with van der Waals surface area (Å²) in [5.74, 6) is 0.630. The van der Waals surface area contributed by atoms with E-state index in [-0.39, 0.29) is 0 Å². The quantitative estimate of drug-likeness (QED) is 0.643. The molecule has 1 atom stereocenters. The van der Waals surface area contributed by atoms with Gasteiger partial charge < -0.3 is 9.84 Å². The van der Waals surface area contributed by atoms with E-state index in [2.05, 4.69) is 0 Å². The highest BCUT2D eigenvalue weighted by Crippen LogP contribution is 2.31. The first kappa shape index (κ1) is 9.68. The molecule has 0 spiro atoms. The van der Waals surface area contributed by atoms with Crippen molar-refractivity contribution in [1.29, 1.82) is 0 Å². The number of aliphatic hydroxyl groups excluding tert-OH is 1. The maximum atomic E-state index is 11.2. The number of rotatable bonds is 6. The highest BCUT2D eigenvalue weighted by molar-refractivity contribution is 5.83. The van der Waals surface area contributed by atoms with Crippen LogP contribution in [0.25, 0.3) is 0 Å². The molecule has 1 saturated carbocycles. The molecule has 0 radical (unpaired) electrons. The number of carbonyl (C=O) groups excluding carboxylic acids is 1. The van der Waals surface area contributed by atoms with Crippen LogP contribution in [0.1, 0.15) is 25.7 Å². The number of hydrogen-bond acceptors (Lipinski definition) is 3. The summed E-state index contributed by atoms with van der Waals surface area (Å²) >= 11 is 0. The molecule has 0 aliphatic heterocycles. The summed E-state index contributed by atoms with van der Waals surface area (Å²) in [5, 5.41) is 9.22. The number of ketones is 1. The minimum Gasteiger partial charge on any atom is -0.391 e. The van der Waals surface area contributed by atoms with E-state index in [1.165, 1.54) is 0 Å². The maximum absolute atomic E-state index is 11.2. The van der Waals surface area contributed by atoms with Crippen molar-refractivity contribution in [3.05, 3.63) is 0 Å². The van der Waals surface area contributed by atoms with Gasteiger partial charge in [-0.3, -0.25) is 4.79 Å². The van der Waals surface area contributed by atoms with Crippen LogP contribution in [0.15, 0.2) is 0 Å². The molecule has 0 aromatic carbocycles. The molecule has 3 heteroatoms. The monoisotopic (exact) mass is 172 g/mol. The second kappa shape index (κ2) is 4.58. The third kappa shape index (κ3) is 3.32. The van der Waals surface area contributed by atoms with Gasteiger partial charge in [-0.05, 0) is 19.3 Å². The topological polar surface area (TPSA) is 46.5 Å². The number of ether oxygens (including phenoxy) is 1. The molecule has 1 unspecified atom stereocenters. The number of carbonyl (C=O) groups is 1. The number of Topliss-reactive ketones (excluding diaryl/α,β-unsaturated/α-hetero) is 1. The molecule has 0 aromatic rings. The Morgan fingerprint density at radius 1 is 1.67 bits per heavy atom. The van der Waals surface area contributed by atoms with E-state index in [9.17, 15) is 9.90 Å². The van der Waals surface area contributed by atoms with Crippen LogP contribution in [0.2, 0.25) is 0 Å². The van der Waals surface area contributed by atoms with E-state index in [4.69, 9.17) is 4.74 Å². The molecule has 3 nitrogen and oxygen atoms in total. The van der Waals surface area contributed by atoms with Crippen molar-refractivity contribution in [3.8, 4) is 0 Å². The largest absolute Gasteiger partial charge is 0.391 e. The molecule has 1 aliphatic carbocycles. The molecule has 1 aliphatic rings. The fraction of sp³-hybridized carbons (Fsp3) is 0.889. The Balaban J connectivity index is 2.03. The van der Waals surface area contributed by atoms with Gasteiger partial charge in [0.2, 0.25) is 0 Å². The van der Waals surface area contributed by atoms with Crippen molar-refractivity contribution in [2.24, 2.45) is 5.92 Å². The first-order valence-electron chi connectivity index (χ1n) is 4.43. The zero-order chi connectivity index (χ0) is 8.97. The Bertz CT molecular complexity index is 152. The first-order valence-corrected chi connectivity index (χ1v) is 4.43. The highest BCUT2D eigenvalue weighted by atomic mass is 16.5. The molecule has 1 N–H and O–H groups in total. The van der Waals surface area contributed by atoms with Crippen molar-refractivity contribution in [2.45, 2.75) is 31.8 Å². The first-order chi connectivity index (χ1) is 5.74. The van der Waals surface area contributed by atoms with Gasteiger partial charge in [0.05, 0.1) is 12.7 Å².